The van der Waals surface area contributed by atoms with Crippen LogP contribution in [0.1, 0.15) is 0 Å². The number of nitrogens with zero attached hydrogens (tertiary/aromatic N) is 1. The Bertz CT molecular complexity index is 934. The zero-order chi connectivity index (χ0) is 14.2. The minimum absolute atomic E-state index is 0.207. The summed E-state index contributed by atoms with van der Waals surface area (Å²) >= 11 is 0.998. The van der Waals surface area contributed by atoms with Gasteiger partial charge in [0.15, 0.2) is 0 Å². The summed E-state index contributed by atoms with van der Waals surface area (Å²) in [7, 11) is -3.54. The first-order valence-electron chi connectivity index (χ1n) is 5.82. The molecule has 0 N–H and O–H groups in total. The maximum Gasteiger partial charge on any atom is 0.242 e. The fourth-order valence-electron chi connectivity index (χ4n) is 1.97. The number of hydrogen-bond acceptors (Lipinski definition) is 3. The quantitative estimate of drug-likeness (QED) is 0.662. The molecule has 2 aromatic carbocycles. The summed E-state index contributed by atoms with van der Waals surface area (Å²) in [6, 6.07) is 15.7. The van der Waals surface area contributed by atoms with Gasteiger partial charge in [-0.15, -0.1) is 11.3 Å². The van der Waals surface area contributed by atoms with Gasteiger partial charge in [0, 0.05) is 0 Å². The minimum atomic E-state index is -3.54. The molecule has 0 spiro atoms. The molecule has 0 unspecified atom stereocenters. The third-order valence-electron chi connectivity index (χ3n) is 2.97. The number of hydrogen-bond donors (Lipinski definition) is 0. The highest BCUT2D eigenvalue weighted by molar-refractivity contribution is 7.93. The monoisotopic (exact) mass is 299 g/mol. The Hall–Kier alpha value is -2.16. The lowest BCUT2D eigenvalue weighted by molar-refractivity contribution is 0.598. The van der Waals surface area contributed by atoms with Gasteiger partial charge < -0.3 is 0 Å². The smallest absolute Gasteiger partial charge is 0.227 e. The van der Waals surface area contributed by atoms with Crippen LogP contribution in [0.15, 0.2) is 63.7 Å². The molecular formula is C15H9NO2S2. The molecular weight excluding hydrogens is 290 g/mol. The number of benzene rings is 2. The summed E-state index contributed by atoms with van der Waals surface area (Å²) in [6.45, 7) is 6.91. The maximum atomic E-state index is 12.5. The number of sulfone groups is 1. The van der Waals surface area contributed by atoms with Crippen LogP contribution in [0, 0.1) is 6.57 Å². The summed E-state index contributed by atoms with van der Waals surface area (Å²) in [5.74, 6) is 0. The first kappa shape index (κ1) is 12.9. The average Bonchev–Trinajstić information content (AvgIpc) is 2.96. The van der Waals surface area contributed by atoms with Crippen molar-refractivity contribution in [2.75, 3.05) is 0 Å². The van der Waals surface area contributed by atoms with Gasteiger partial charge in [0.1, 0.15) is 4.21 Å². The van der Waals surface area contributed by atoms with Crippen molar-refractivity contribution in [1.82, 2.24) is 0 Å². The van der Waals surface area contributed by atoms with E-state index < -0.39 is 9.84 Å². The topological polar surface area (TPSA) is 38.5 Å². The van der Waals surface area contributed by atoms with Crippen molar-refractivity contribution in [3.8, 4) is 0 Å². The Morgan fingerprint density at radius 1 is 0.950 bits per heavy atom. The lowest BCUT2D eigenvalue weighted by Gasteiger charge is -2.04. The first-order chi connectivity index (χ1) is 9.61. The van der Waals surface area contributed by atoms with E-state index in [4.69, 9.17) is 6.57 Å². The molecule has 0 aliphatic carbocycles. The van der Waals surface area contributed by atoms with Crippen LogP contribution in [-0.4, -0.2) is 8.42 Å². The van der Waals surface area contributed by atoms with Crippen LogP contribution in [0.5, 0.6) is 0 Å². The molecule has 0 aliphatic rings. The van der Waals surface area contributed by atoms with E-state index in [9.17, 15) is 8.42 Å². The fourth-order valence-corrected chi connectivity index (χ4v) is 4.48. The standard InChI is InChI=1S/C15H9NO2S2/c1-16-14-8-9-15(19-14)20(17,18)13-7-6-11-4-2-3-5-12(11)10-13/h2-10H. The fraction of sp³-hybridized carbons (Fsp3) is 0. The maximum absolute atomic E-state index is 12.5. The SMILES string of the molecule is [C-]#[N+]c1ccc(S(=O)(=O)c2ccc3ccccc3c2)s1. The number of thiophene rings is 1. The van der Waals surface area contributed by atoms with E-state index in [-0.39, 0.29) is 9.10 Å². The summed E-state index contributed by atoms with van der Waals surface area (Å²) in [5.41, 5.74) is 0. The molecule has 3 nitrogen and oxygen atoms in total. The largest absolute Gasteiger partial charge is 0.242 e. The van der Waals surface area contributed by atoms with E-state index in [0.717, 1.165) is 22.1 Å². The van der Waals surface area contributed by atoms with E-state index in [0.29, 0.717) is 5.00 Å². The zero-order valence-corrected chi connectivity index (χ0v) is 11.9. The van der Waals surface area contributed by atoms with Crippen LogP contribution < -0.4 is 0 Å². The van der Waals surface area contributed by atoms with Crippen LogP contribution in [0.4, 0.5) is 5.00 Å². The third kappa shape index (κ3) is 2.09. The zero-order valence-electron chi connectivity index (χ0n) is 10.3. The minimum Gasteiger partial charge on any atom is -0.227 e. The molecule has 0 amide bonds. The van der Waals surface area contributed by atoms with Gasteiger partial charge in [-0.25, -0.2) is 13.3 Å². The van der Waals surface area contributed by atoms with Crippen LogP contribution in [0.2, 0.25) is 0 Å². The van der Waals surface area contributed by atoms with Crippen LogP contribution in [0.3, 0.4) is 0 Å². The van der Waals surface area contributed by atoms with Crippen molar-refractivity contribution in [3.05, 3.63) is 66.0 Å². The Kier molecular flexibility index (Phi) is 3.05. The van der Waals surface area contributed by atoms with Crippen molar-refractivity contribution >= 4 is 36.9 Å². The highest BCUT2D eigenvalue weighted by Crippen LogP contribution is 2.33. The van der Waals surface area contributed by atoms with Gasteiger partial charge in [0.2, 0.25) is 14.8 Å². The number of fused-ring (bicyclic) bond motifs is 1. The molecule has 20 heavy (non-hydrogen) atoms. The van der Waals surface area contributed by atoms with Gasteiger partial charge in [0.25, 0.3) is 0 Å². The van der Waals surface area contributed by atoms with E-state index in [1.54, 1.807) is 18.2 Å². The van der Waals surface area contributed by atoms with E-state index >= 15 is 0 Å². The molecule has 0 saturated heterocycles. The predicted octanol–water partition coefficient (Wildman–Crippen LogP) is 4.28. The van der Waals surface area contributed by atoms with Crippen molar-refractivity contribution in [3.63, 3.8) is 0 Å². The average molecular weight is 299 g/mol. The first-order valence-corrected chi connectivity index (χ1v) is 8.12. The normalized spacial score (nSPS) is 11.3. The molecule has 1 heterocycles. The van der Waals surface area contributed by atoms with Crippen molar-refractivity contribution in [2.45, 2.75) is 9.10 Å². The lowest BCUT2D eigenvalue weighted by Crippen LogP contribution is -1.99. The molecule has 0 radical (unpaired) electrons. The molecule has 3 rings (SSSR count). The van der Waals surface area contributed by atoms with Gasteiger partial charge in [-0.3, -0.25) is 0 Å². The van der Waals surface area contributed by atoms with E-state index in [1.807, 2.05) is 24.3 Å². The van der Waals surface area contributed by atoms with Crippen LogP contribution in [-0.2, 0) is 9.84 Å². The second-order valence-electron chi connectivity index (χ2n) is 4.22. The van der Waals surface area contributed by atoms with Gasteiger partial charge in [-0.05, 0) is 35.0 Å². The molecule has 0 saturated carbocycles. The Balaban J connectivity index is 2.16. The van der Waals surface area contributed by atoms with Crippen molar-refractivity contribution < 1.29 is 8.42 Å². The van der Waals surface area contributed by atoms with Crippen molar-refractivity contribution in [1.29, 1.82) is 0 Å². The summed E-state index contributed by atoms with van der Waals surface area (Å²) < 4.78 is 25.2. The molecule has 1 aromatic heterocycles. The van der Waals surface area contributed by atoms with E-state index in [2.05, 4.69) is 4.85 Å². The van der Waals surface area contributed by atoms with Crippen LogP contribution in [0.25, 0.3) is 15.6 Å². The van der Waals surface area contributed by atoms with Gasteiger partial charge >= 0.3 is 0 Å². The van der Waals surface area contributed by atoms with Gasteiger partial charge in [-0.1, -0.05) is 30.3 Å². The summed E-state index contributed by atoms with van der Waals surface area (Å²) in [6.07, 6.45) is 0. The third-order valence-corrected chi connectivity index (χ3v) is 6.20. The van der Waals surface area contributed by atoms with Gasteiger partial charge in [0.05, 0.1) is 11.5 Å². The molecule has 3 aromatic rings. The predicted molar refractivity (Wildman–Crippen MR) is 80.0 cm³/mol. The molecule has 98 valence electrons. The molecule has 5 heteroatoms. The van der Waals surface area contributed by atoms with Crippen LogP contribution >= 0.6 is 11.3 Å². The highest BCUT2D eigenvalue weighted by atomic mass is 32.2. The highest BCUT2D eigenvalue weighted by Gasteiger charge is 2.19. The molecule has 0 atom stereocenters. The second kappa shape index (κ2) is 4.75. The lowest BCUT2D eigenvalue weighted by atomic mass is 10.1. The Morgan fingerprint density at radius 2 is 1.70 bits per heavy atom. The Labute approximate surface area is 120 Å². The molecule has 0 fully saturated rings. The summed E-state index contributed by atoms with van der Waals surface area (Å²) in [5, 5.41) is 2.26. The number of rotatable bonds is 2. The summed E-state index contributed by atoms with van der Waals surface area (Å²) in [4.78, 5) is 3.51. The second-order valence-corrected chi connectivity index (χ2v) is 7.46. The van der Waals surface area contributed by atoms with Crippen molar-refractivity contribution in [2.24, 2.45) is 0 Å². The Morgan fingerprint density at radius 3 is 2.40 bits per heavy atom. The van der Waals surface area contributed by atoms with Gasteiger partial charge in [-0.2, -0.15) is 0 Å². The van der Waals surface area contributed by atoms with E-state index in [1.165, 1.54) is 12.1 Å². The molecule has 0 aliphatic heterocycles. The molecule has 0 bridgehead atoms.